The molecule has 0 atom stereocenters. The van der Waals surface area contributed by atoms with Crippen molar-refractivity contribution in [2.45, 2.75) is 59.3 Å². The summed E-state index contributed by atoms with van der Waals surface area (Å²) in [7, 11) is 0. The maximum absolute atomic E-state index is 12.3. The number of hydrogen-bond donors (Lipinski definition) is 1. The van der Waals surface area contributed by atoms with Crippen LogP contribution in [0.1, 0.15) is 59.3 Å². The van der Waals surface area contributed by atoms with E-state index in [0.717, 1.165) is 31.6 Å². The van der Waals surface area contributed by atoms with Gasteiger partial charge in [0.1, 0.15) is 0 Å². The molecule has 0 bridgehead atoms. The van der Waals surface area contributed by atoms with Gasteiger partial charge in [-0.3, -0.25) is 9.59 Å². The molecule has 0 unspecified atom stereocenters. The summed E-state index contributed by atoms with van der Waals surface area (Å²) >= 11 is 0. The van der Waals surface area contributed by atoms with E-state index in [1.54, 1.807) is 6.08 Å². The molecule has 3 nitrogen and oxygen atoms in total. The number of carbonyl (C=O) groups is 2. The molecule has 1 N–H and O–H groups in total. The number of carbonyl (C=O) groups excluding carboxylic acids is 2. The number of rotatable bonds is 6. The molecule has 1 saturated carbocycles. The van der Waals surface area contributed by atoms with Gasteiger partial charge in [-0.1, -0.05) is 26.3 Å². The van der Waals surface area contributed by atoms with Gasteiger partial charge in [0.25, 0.3) is 0 Å². The van der Waals surface area contributed by atoms with Crippen LogP contribution in [0.15, 0.2) is 23.9 Å². The molecule has 1 amide bonds. The predicted octanol–water partition coefficient (Wildman–Crippen LogP) is 3.76. The molecule has 112 valence electrons. The molecule has 0 heterocycles. The summed E-state index contributed by atoms with van der Waals surface area (Å²) in [6.07, 6.45) is 11.0. The van der Waals surface area contributed by atoms with Crippen LogP contribution >= 0.6 is 0 Å². The number of nitrogens with one attached hydrogen (secondary N) is 1. The molecule has 0 aliphatic heterocycles. The molecule has 20 heavy (non-hydrogen) atoms. The number of allylic oxidation sites excluding steroid dienone is 3. The average molecular weight is 277 g/mol. The summed E-state index contributed by atoms with van der Waals surface area (Å²) in [5.41, 5.74) is 0.613. The van der Waals surface area contributed by atoms with Crippen LogP contribution in [-0.4, -0.2) is 11.7 Å². The number of amides is 1. The van der Waals surface area contributed by atoms with Gasteiger partial charge in [0.15, 0.2) is 5.78 Å². The maximum Gasteiger partial charge on any atom is 0.227 e. The van der Waals surface area contributed by atoms with Gasteiger partial charge in [0.05, 0.1) is 0 Å². The topological polar surface area (TPSA) is 46.2 Å². The molecule has 3 heteroatoms. The second-order valence-electron chi connectivity index (χ2n) is 5.53. The van der Waals surface area contributed by atoms with E-state index in [1.807, 2.05) is 19.9 Å². The normalized spacial score (nSPS) is 23.9. The van der Waals surface area contributed by atoms with Gasteiger partial charge in [-0.15, -0.1) is 0 Å². The van der Waals surface area contributed by atoms with E-state index < -0.39 is 0 Å². The van der Waals surface area contributed by atoms with E-state index in [4.69, 9.17) is 0 Å². The van der Waals surface area contributed by atoms with Crippen molar-refractivity contribution in [3.05, 3.63) is 23.9 Å². The van der Waals surface area contributed by atoms with Gasteiger partial charge in [0, 0.05) is 24.1 Å². The molecule has 0 radical (unpaired) electrons. The third-order valence-electron chi connectivity index (χ3n) is 4.07. The fourth-order valence-corrected chi connectivity index (χ4v) is 2.66. The third kappa shape index (κ3) is 5.32. The van der Waals surface area contributed by atoms with Crippen LogP contribution in [0.5, 0.6) is 0 Å². The van der Waals surface area contributed by atoms with E-state index in [-0.39, 0.29) is 17.6 Å². The van der Waals surface area contributed by atoms with Crippen LogP contribution in [0.3, 0.4) is 0 Å². The summed E-state index contributed by atoms with van der Waals surface area (Å²) in [6.45, 7) is 5.91. The lowest BCUT2D eigenvalue weighted by atomic mass is 9.80. The molecule has 0 aromatic carbocycles. The lowest BCUT2D eigenvalue weighted by Gasteiger charge is -2.27. The van der Waals surface area contributed by atoms with Crippen LogP contribution in [0.4, 0.5) is 0 Å². The maximum atomic E-state index is 12.3. The Morgan fingerprint density at radius 2 is 1.80 bits per heavy atom. The zero-order valence-corrected chi connectivity index (χ0v) is 12.9. The molecule has 0 saturated heterocycles. The average Bonchev–Trinajstić information content (AvgIpc) is 2.47. The van der Waals surface area contributed by atoms with Gasteiger partial charge in [-0.05, 0) is 44.6 Å². The highest BCUT2D eigenvalue weighted by molar-refractivity contribution is 5.91. The third-order valence-corrected chi connectivity index (χ3v) is 4.07. The minimum atomic E-state index is 0.0353. The quantitative estimate of drug-likeness (QED) is 0.593. The number of ketones is 1. The predicted molar refractivity (Wildman–Crippen MR) is 82.1 cm³/mol. The second-order valence-corrected chi connectivity index (χ2v) is 5.53. The second kappa shape index (κ2) is 8.72. The zero-order valence-electron chi connectivity index (χ0n) is 12.9. The Balaban J connectivity index is 2.59. The minimum absolute atomic E-state index is 0.0353. The molecule has 0 spiro atoms. The molecular formula is C17H27NO2. The molecule has 1 rings (SSSR count). The Hall–Kier alpha value is -1.38. The molecule has 1 fully saturated rings. The van der Waals surface area contributed by atoms with E-state index in [1.165, 1.54) is 12.5 Å². The highest BCUT2D eigenvalue weighted by atomic mass is 16.2. The lowest BCUT2D eigenvalue weighted by Crippen LogP contribution is -2.32. The molecule has 1 aliphatic carbocycles. The van der Waals surface area contributed by atoms with Crippen LogP contribution in [0.2, 0.25) is 0 Å². The fourth-order valence-electron chi connectivity index (χ4n) is 2.66. The van der Waals surface area contributed by atoms with Crippen molar-refractivity contribution in [2.24, 2.45) is 11.8 Å². The van der Waals surface area contributed by atoms with Gasteiger partial charge < -0.3 is 5.32 Å². The van der Waals surface area contributed by atoms with E-state index in [9.17, 15) is 9.59 Å². The molecule has 0 aromatic rings. The minimum Gasteiger partial charge on any atom is -0.326 e. The first kappa shape index (κ1) is 16.7. The largest absolute Gasteiger partial charge is 0.326 e. The van der Waals surface area contributed by atoms with E-state index >= 15 is 0 Å². The standard InChI is InChI=1S/C17H27NO2/c1-4-7-15(12-16(19)6-3)18-17(20)14-10-8-13(5-2)9-11-14/h4,7,12-14H,5-6,8-11H2,1-3H3,(H,18,20)/b7-4-,15-12+. The highest BCUT2D eigenvalue weighted by Crippen LogP contribution is 2.30. The smallest absolute Gasteiger partial charge is 0.227 e. The SMILES string of the molecule is C/C=C\C(=C/C(=O)CC)NC(=O)C1CCC(CC)CC1. The van der Waals surface area contributed by atoms with Gasteiger partial charge in [-0.25, -0.2) is 0 Å². The molecule has 1 aliphatic rings. The first-order valence-corrected chi connectivity index (χ1v) is 7.78. The lowest BCUT2D eigenvalue weighted by molar-refractivity contribution is -0.125. The fraction of sp³-hybridized carbons (Fsp3) is 0.647. The van der Waals surface area contributed by atoms with Gasteiger partial charge >= 0.3 is 0 Å². The van der Waals surface area contributed by atoms with Gasteiger partial charge in [0.2, 0.25) is 5.91 Å². The van der Waals surface area contributed by atoms with E-state index in [2.05, 4.69) is 12.2 Å². The number of hydrogen-bond acceptors (Lipinski definition) is 2. The monoisotopic (exact) mass is 277 g/mol. The van der Waals surface area contributed by atoms with Crippen LogP contribution < -0.4 is 5.32 Å². The van der Waals surface area contributed by atoms with Crippen molar-refractivity contribution in [2.75, 3.05) is 0 Å². The van der Waals surface area contributed by atoms with E-state index in [0.29, 0.717) is 12.1 Å². The Labute approximate surface area is 122 Å². The van der Waals surface area contributed by atoms with Crippen LogP contribution in [0.25, 0.3) is 0 Å². The zero-order chi connectivity index (χ0) is 15.0. The Morgan fingerprint density at radius 3 is 2.30 bits per heavy atom. The van der Waals surface area contributed by atoms with Crippen LogP contribution in [-0.2, 0) is 9.59 Å². The van der Waals surface area contributed by atoms with Gasteiger partial charge in [-0.2, -0.15) is 0 Å². The molecule has 0 aromatic heterocycles. The summed E-state index contributed by atoms with van der Waals surface area (Å²) in [4.78, 5) is 23.7. The Morgan fingerprint density at radius 1 is 1.15 bits per heavy atom. The summed E-state index contributed by atoms with van der Waals surface area (Å²) in [6, 6.07) is 0. The Kier molecular flexibility index (Phi) is 7.27. The van der Waals surface area contributed by atoms with Crippen molar-refractivity contribution in [3.8, 4) is 0 Å². The highest BCUT2D eigenvalue weighted by Gasteiger charge is 2.25. The Bertz CT molecular complexity index is 388. The van der Waals surface area contributed by atoms with Crippen molar-refractivity contribution in [3.63, 3.8) is 0 Å². The van der Waals surface area contributed by atoms with Crippen molar-refractivity contribution < 1.29 is 9.59 Å². The van der Waals surface area contributed by atoms with Crippen molar-refractivity contribution in [1.29, 1.82) is 0 Å². The summed E-state index contributed by atoms with van der Waals surface area (Å²) < 4.78 is 0. The molecular weight excluding hydrogens is 250 g/mol. The van der Waals surface area contributed by atoms with Crippen LogP contribution in [0, 0.1) is 11.8 Å². The first-order chi connectivity index (χ1) is 9.60. The first-order valence-electron chi connectivity index (χ1n) is 7.78. The van der Waals surface area contributed by atoms with Crippen molar-refractivity contribution in [1.82, 2.24) is 5.32 Å². The summed E-state index contributed by atoms with van der Waals surface area (Å²) in [5, 5.41) is 2.90. The van der Waals surface area contributed by atoms with Crippen molar-refractivity contribution >= 4 is 11.7 Å². The summed E-state index contributed by atoms with van der Waals surface area (Å²) in [5.74, 6) is 0.982.